The van der Waals surface area contributed by atoms with E-state index in [0.717, 1.165) is 12.8 Å². The average Bonchev–Trinajstić information content (AvgIpc) is 2.74. The van der Waals surface area contributed by atoms with Crippen molar-refractivity contribution >= 4 is 24.2 Å². The van der Waals surface area contributed by atoms with Crippen LogP contribution < -0.4 is 9.47 Å². The van der Waals surface area contributed by atoms with Crippen molar-refractivity contribution in [2.24, 2.45) is 0 Å². The molecule has 0 spiro atoms. The second kappa shape index (κ2) is 6.41. The van der Waals surface area contributed by atoms with E-state index in [1.165, 1.54) is 25.7 Å². The fourth-order valence-electron chi connectivity index (χ4n) is 4.33. The van der Waals surface area contributed by atoms with Crippen LogP contribution in [0.5, 0.6) is 11.5 Å². The molecule has 5 heteroatoms. The van der Waals surface area contributed by atoms with Gasteiger partial charge in [0.25, 0.3) is 0 Å². The Morgan fingerprint density at radius 1 is 1.05 bits per heavy atom. The molecule has 0 radical (unpaired) electrons. The fraction of sp³-hybridized carbons (Fsp3) is 0.588. The van der Waals surface area contributed by atoms with Crippen LogP contribution in [0.2, 0.25) is 0 Å². The van der Waals surface area contributed by atoms with E-state index in [1.807, 2.05) is 18.2 Å². The maximum atomic E-state index is 13.5. The minimum atomic E-state index is -2.33. The molecule has 2 fully saturated rings. The van der Waals surface area contributed by atoms with Gasteiger partial charge in [-0.2, -0.15) is 0 Å². The molecule has 2 heterocycles. The molecule has 2 saturated heterocycles. The monoisotopic (exact) mass is 340 g/mol. The van der Waals surface area contributed by atoms with Crippen LogP contribution in [-0.2, 0) is 0 Å². The molecule has 0 aliphatic carbocycles. The maximum absolute atomic E-state index is 13.5. The summed E-state index contributed by atoms with van der Waals surface area (Å²) in [7, 11) is 3.22. The first-order chi connectivity index (χ1) is 10.6. The standard InChI is InChI=1S/C17H25O3PS/c1-19-14-8-5-9-15(20-2)16(14)17(18)21(22)12-6-3-4-7-13(21)11-10-12/h5,8-9,12-13,21-22H,3-4,6-7,10-11H2,1-2H3. The first-order valence-corrected chi connectivity index (χ1v) is 11.6. The number of ether oxygens (including phenoxy) is 2. The van der Waals surface area contributed by atoms with E-state index in [2.05, 4.69) is 0 Å². The molecule has 122 valence electrons. The Morgan fingerprint density at radius 2 is 1.55 bits per heavy atom. The Balaban J connectivity index is 2.07. The van der Waals surface area contributed by atoms with E-state index in [-0.39, 0.29) is 5.52 Å². The van der Waals surface area contributed by atoms with E-state index < -0.39 is 6.46 Å². The number of methoxy groups -OCH3 is 2. The van der Waals surface area contributed by atoms with E-state index in [4.69, 9.17) is 21.7 Å². The van der Waals surface area contributed by atoms with Gasteiger partial charge in [-0.3, -0.25) is 0 Å². The van der Waals surface area contributed by atoms with Crippen LogP contribution >= 0.6 is 18.7 Å². The summed E-state index contributed by atoms with van der Waals surface area (Å²) in [6.45, 7) is -2.33. The van der Waals surface area contributed by atoms with Crippen molar-refractivity contribution in [3.8, 4) is 11.5 Å². The SMILES string of the molecule is COc1cccc(OC)c1C(=O)[PH]1(S)C2CCCCC1CC2. The van der Waals surface area contributed by atoms with Crippen molar-refractivity contribution in [3.63, 3.8) is 0 Å². The molecule has 0 N–H and O–H groups in total. The Bertz CT molecular complexity index is 539. The first-order valence-electron chi connectivity index (χ1n) is 8.11. The molecule has 22 heavy (non-hydrogen) atoms. The van der Waals surface area contributed by atoms with Gasteiger partial charge in [-0.1, -0.05) is 0 Å². The summed E-state index contributed by atoms with van der Waals surface area (Å²) in [5.74, 6) is 1.24. The summed E-state index contributed by atoms with van der Waals surface area (Å²) in [5.41, 5.74) is 1.85. The van der Waals surface area contributed by atoms with Gasteiger partial charge in [0.15, 0.2) is 0 Å². The zero-order valence-electron chi connectivity index (χ0n) is 13.3. The van der Waals surface area contributed by atoms with E-state index >= 15 is 0 Å². The number of carbonyl (C=O) groups is 1. The first kappa shape index (κ1) is 16.1. The molecule has 0 aromatic heterocycles. The second-order valence-corrected chi connectivity index (χ2v) is 12.4. The Morgan fingerprint density at radius 3 is 2.00 bits per heavy atom. The molecule has 3 nitrogen and oxygen atoms in total. The van der Waals surface area contributed by atoms with Gasteiger partial charge in [0.2, 0.25) is 0 Å². The average molecular weight is 340 g/mol. The van der Waals surface area contributed by atoms with Crippen molar-refractivity contribution in [2.45, 2.75) is 49.8 Å². The van der Waals surface area contributed by atoms with E-state index in [1.54, 1.807) is 14.2 Å². The van der Waals surface area contributed by atoms with Crippen molar-refractivity contribution in [3.05, 3.63) is 23.8 Å². The van der Waals surface area contributed by atoms with Gasteiger partial charge in [0.05, 0.1) is 0 Å². The van der Waals surface area contributed by atoms with Crippen LogP contribution in [0.15, 0.2) is 18.2 Å². The van der Waals surface area contributed by atoms with Gasteiger partial charge >= 0.3 is 138 Å². The summed E-state index contributed by atoms with van der Waals surface area (Å²) in [6.07, 6.45) is 7.15. The number of rotatable bonds is 4. The van der Waals surface area contributed by atoms with Crippen molar-refractivity contribution in [1.82, 2.24) is 0 Å². The molecule has 1 aromatic carbocycles. The van der Waals surface area contributed by atoms with Gasteiger partial charge < -0.3 is 0 Å². The molecule has 2 aliphatic heterocycles. The van der Waals surface area contributed by atoms with Gasteiger partial charge in [-0.05, 0) is 0 Å². The Kier molecular flexibility index (Phi) is 4.70. The molecule has 1 aromatic rings. The zero-order valence-corrected chi connectivity index (χ0v) is 15.2. The van der Waals surface area contributed by atoms with E-state index in [9.17, 15) is 4.79 Å². The zero-order chi connectivity index (χ0) is 15.7. The number of hydrogen-bond acceptors (Lipinski definition) is 4. The molecular formula is C17H25O3PS. The summed E-state index contributed by atoms with van der Waals surface area (Å²) in [5, 5.41) is 0. The van der Waals surface area contributed by atoms with E-state index in [0.29, 0.717) is 28.4 Å². The number of thiol groups is 1. The quantitative estimate of drug-likeness (QED) is 0.645. The normalized spacial score (nSPS) is 27.8. The molecule has 0 amide bonds. The van der Waals surface area contributed by atoms with Crippen molar-refractivity contribution in [2.75, 3.05) is 14.2 Å². The van der Waals surface area contributed by atoms with Crippen LogP contribution in [0.1, 0.15) is 48.9 Å². The predicted molar refractivity (Wildman–Crippen MR) is 96.5 cm³/mol. The van der Waals surface area contributed by atoms with Crippen molar-refractivity contribution < 1.29 is 14.3 Å². The molecule has 2 bridgehead atoms. The van der Waals surface area contributed by atoms with Crippen LogP contribution in [0, 0.1) is 0 Å². The summed E-state index contributed by atoms with van der Waals surface area (Å²) in [6, 6.07) is 5.56. The molecule has 2 aliphatic rings. The number of hydrogen-bond donors (Lipinski definition) is 1. The van der Waals surface area contributed by atoms with Gasteiger partial charge in [-0.15, -0.1) is 0 Å². The second-order valence-electron chi connectivity index (χ2n) is 6.45. The topological polar surface area (TPSA) is 35.5 Å². The van der Waals surface area contributed by atoms with Crippen LogP contribution in [0.3, 0.4) is 0 Å². The molecule has 0 saturated carbocycles. The summed E-state index contributed by atoms with van der Waals surface area (Å²) in [4.78, 5) is 13.5. The van der Waals surface area contributed by atoms with Crippen LogP contribution in [0.25, 0.3) is 0 Å². The Labute approximate surface area is 138 Å². The molecular weight excluding hydrogens is 315 g/mol. The third kappa shape index (κ3) is 2.45. The number of fused-ring (bicyclic) bond motifs is 2. The van der Waals surface area contributed by atoms with Crippen molar-refractivity contribution in [1.29, 1.82) is 0 Å². The van der Waals surface area contributed by atoms with Crippen LogP contribution in [0.4, 0.5) is 0 Å². The summed E-state index contributed by atoms with van der Waals surface area (Å²) < 4.78 is 10.9. The number of carbonyl (C=O) groups excluding carboxylic acids is 1. The van der Waals surface area contributed by atoms with Gasteiger partial charge in [-0.25, -0.2) is 0 Å². The fourth-order valence-corrected chi connectivity index (χ4v) is 10.8. The minimum absolute atomic E-state index is 0.222. The number of benzene rings is 1. The predicted octanol–water partition coefficient (Wildman–Crippen LogP) is 4.54. The van der Waals surface area contributed by atoms with Gasteiger partial charge in [0.1, 0.15) is 0 Å². The van der Waals surface area contributed by atoms with Gasteiger partial charge in [0, 0.05) is 0 Å². The third-order valence-corrected chi connectivity index (χ3v) is 12.9. The third-order valence-electron chi connectivity index (χ3n) is 5.48. The molecule has 3 rings (SSSR count). The van der Waals surface area contributed by atoms with Crippen LogP contribution in [-0.4, -0.2) is 31.1 Å². The molecule has 2 unspecified atom stereocenters. The summed E-state index contributed by atoms with van der Waals surface area (Å²) >= 11 is 5.13. The Hall–Kier alpha value is -0.730. The molecule has 2 atom stereocenters.